The number of nitrogens with zero attached hydrogens (tertiary/aromatic N) is 1. The number of hydrogen-bond acceptors (Lipinski definition) is 3. The fourth-order valence-corrected chi connectivity index (χ4v) is 2.07. The zero-order valence-corrected chi connectivity index (χ0v) is 10.0. The maximum absolute atomic E-state index is 13.6. The van der Waals surface area contributed by atoms with Crippen molar-refractivity contribution in [2.45, 2.75) is 32.0 Å². The SMILES string of the molecule is CC1OCCC1NCc1c(F)cc(C#N)cc1F. The minimum Gasteiger partial charge on any atom is -0.377 e. The molecule has 5 heteroatoms. The monoisotopic (exact) mass is 252 g/mol. The molecule has 0 spiro atoms. The van der Waals surface area contributed by atoms with Crippen molar-refractivity contribution in [2.24, 2.45) is 0 Å². The summed E-state index contributed by atoms with van der Waals surface area (Å²) < 4.78 is 32.6. The molecule has 1 aliphatic heterocycles. The summed E-state index contributed by atoms with van der Waals surface area (Å²) in [6, 6.07) is 3.93. The van der Waals surface area contributed by atoms with Gasteiger partial charge in [0.2, 0.25) is 0 Å². The van der Waals surface area contributed by atoms with E-state index in [-0.39, 0.29) is 29.8 Å². The Bertz CT molecular complexity index is 461. The highest BCUT2D eigenvalue weighted by atomic mass is 19.1. The lowest BCUT2D eigenvalue weighted by atomic mass is 10.1. The highest BCUT2D eigenvalue weighted by molar-refractivity contribution is 5.34. The molecule has 1 aliphatic rings. The van der Waals surface area contributed by atoms with Gasteiger partial charge >= 0.3 is 0 Å². The van der Waals surface area contributed by atoms with Gasteiger partial charge in [0.25, 0.3) is 0 Å². The van der Waals surface area contributed by atoms with Gasteiger partial charge in [-0.05, 0) is 25.5 Å². The van der Waals surface area contributed by atoms with Gasteiger partial charge in [0, 0.05) is 24.8 Å². The van der Waals surface area contributed by atoms with Crippen LogP contribution in [0.4, 0.5) is 8.78 Å². The van der Waals surface area contributed by atoms with Gasteiger partial charge in [0.05, 0.1) is 17.7 Å². The Morgan fingerprint density at radius 2 is 2.11 bits per heavy atom. The maximum atomic E-state index is 13.6. The van der Waals surface area contributed by atoms with E-state index in [4.69, 9.17) is 10.00 Å². The van der Waals surface area contributed by atoms with Crippen molar-refractivity contribution in [2.75, 3.05) is 6.61 Å². The molecular weight excluding hydrogens is 238 g/mol. The topological polar surface area (TPSA) is 45.0 Å². The van der Waals surface area contributed by atoms with Gasteiger partial charge in [-0.15, -0.1) is 0 Å². The van der Waals surface area contributed by atoms with Crippen molar-refractivity contribution in [3.05, 3.63) is 34.9 Å². The van der Waals surface area contributed by atoms with Gasteiger partial charge in [0.1, 0.15) is 11.6 Å². The van der Waals surface area contributed by atoms with Gasteiger partial charge in [-0.3, -0.25) is 0 Å². The molecule has 0 radical (unpaired) electrons. The van der Waals surface area contributed by atoms with Crippen LogP contribution in [0.2, 0.25) is 0 Å². The van der Waals surface area contributed by atoms with E-state index in [1.165, 1.54) is 0 Å². The van der Waals surface area contributed by atoms with Crippen LogP contribution in [-0.4, -0.2) is 18.8 Å². The second-order valence-electron chi connectivity index (χ2n) is 4.38. The zero-order valence-electron chi connectivity index (χ0n) is 10.0. The second kappa shape index (κ2) is 5.42. The Morgan fingerprint density at radius 1 is 1.44 bits per heavy atom. The molecule has 0 saturated carbocycles. The second-order valence-corrected chi connectivity index (χ2v) is 4.38. The summed E-state index contributed by atoms with van der Waals surface area (Å²) in [5.74, 6) is -1.38. The Labute approximate surface area is 104 Å². The first kappa shape index (κ1) is 12.9. The van der Waals surface area contributed by atoms with E-state index in [9.17, 15) is 8.78 Å². The van der Waals surface area contributed by atoms with E-state index in [2.05, 4.69) is 5.32 Å². The summed E-state index contributed by atoms with van der Waals surface area (Å²) in [5, 5.41) is 11.7. The third kappa shape index (κ3) is 2.66. The molecule has 0 aromatic heterocycles. The zero-order chi connectivity index (χ0) is 13.1. The average molecular weight is 252 g/mol. The molecule has 0 bridgehead atoms. The molecule has 1 heterocycles. The van der Waals surface area contributed by atoms with Crippen LogP contribution in [0.5, 0.6) is 0 Å². The Morgan fingerprint density at radius 3 is 2.61 bits per heavy atom. The predicted molar refractivity (Wildman–Crippen MR) is 61.7 cm³/mol. The molecular formula is C13H14F2N2O. The maximum Gasteiger partial charge on any atom is 0.131 e. The number of ether oxygens (including phenoxy) is 1. The third-order valence-electron chi connectivity index (χ3n) is 3.19. The quantitative estimate of drug-likeness (QED) is 0.896. The molecule has 2 rings (SSSR count). The minimum atomic E-state index is -0.689. The van der Waals surface area contributed by atoms with Gasteiger partial charge in [0.15, 0.2) is 0 Å². The van der Waals surface area contributed by atoms with Crippen molar-refractivity contribution in [1.82, 2.24) is 5.32 Å². The number of nitriles is 1. The molecule has 3 nitrogen and oxygen atoms in total. The van der Waals surface area contributed by atoms with Crippen LogP contribution in [0.1, 0.15) is 24.5 Å². The van der Waals surface area contributed by atoms with Crippen LogP contribution in [-0.2, 0) is 11.3 Å². The summed E-state index contributed by atoms with van der Waals surface area (Å²) >= 11 is 0. The smallest absolute Gasteiger partial charge is 0.131 e. The standard InChI is InChI=1S/C13H14F2N2O/c1-8-13(2-3-18-8)17-7-10-11(14)4-9(6-16)5-12(10)15/h4-5,8,13,17H,2-3,7H2,1H3. The third-order valence-corrected chi connectivity index (χ3v) is 3.19. The lowest BCUT2D eigenvalue weighted by Gasteiger charge is -2.16. The van der Waals surface area contributed by atoms with Gasteiger partial charge in [-0.1, -0.05) is 0 Å². The van der Waals surface area contributed by atoms with E-state index >= 15 is 0 Å². The van der Waals surface area contributed by atoms with E-state index in [1.807, 2.05) is 6.92 Å². The summed E-state index contributed by atoms with van der Waals surface area (Å²) in [6.45, 7) is 2.69. The molecule has 1 fully saturated rings. The molecule has 0 amide bonds. The number of halogens is 2. The lowest BCUT2D eigenvalue weighted by Crippen LogP contribution is -2.34. The molecule has 2 atom stereocenters. The summed E-state index contributed by atoms with van der Waals surface area (Å²) in [6.07, 6.45) is 0.884. The van der Waals surface area contributed by atoms with Crippen molar-refractivity contribution in [1.29, 1.82) is 5.26 Å². The molecule has 2 unspecified atom stereocenters. The molecule has 1 N–H and O–H groups in total. The largest absolute Gasteiger partial charge is 0.377 e. The van der Waals surface area contributed by atoms with E-state index in [0.717, 1.165) is 18.6 Å². The fraction of sp³-hybridized carbons (Fsp3) is 0.462. The number of nitrogens with one attached hydrogen (secondary N) is 1. The normalized spacial score (nSPS) is 23.0. The minimum absolute atomic E-state index is 0.00804. The first-order valence-electron chi connectivity index (χ1n) is 5.85. The average Bonchev–Trinajstić information content (AvgIpc) is 2.73. The number of hydrogen-bond donors (Lipinski definition) is 1. The van der Waals surface area contributed by atoms with Crippen molar-refractivity contribution >= 4 is 0 Å². The van der Waals surface area contributed by atoms with Crippen LogP contribution in [0, 0.1) is 23.0 Å². The van der Waals surface area contributed by atoms with Gasteiger partial charge < -0.3 is 10.1 Å². The fourth-order valence-electron chi connectivity index (χ4n) is 2.07. The van der Waals surface area contributed by atoms with Gasteiger partial charge in [-0.25, -0.2) is 8.78 Å². The molecule has 0 aliphatic carbocycles. The lowest BCUT2D eigenvalue weighted by molar-refractivity contribution is 0.113. The molecule has 1 saturated heterocycles. The molecule has 18 heavy (non-hydrogen) atoms. The van der Waals surface area contributed by atoms with Crippen molar-refractivity contribution < 1.29 is 13.5 Å². The van der Waals surface area contributed by atoms with Crippen LogP contribution in [0.25, 0.3) is 0 Å². The summed E-state index contributed by atoms with van der Waals surface area (Å²) in [4.78, 5) is 0. The van der Waals surface area contributed by atoms with Crippen molar-refractivity contribution in [3.63, 3.8) is 0 Å². The van der Waals surface area contributed by atoms with E-state index < -0.39 is 11.6 Å². The van der Waals surface area contributed by atoms with Gasteiger partial charge in [-0.2, -0.15) is 5.26 Å². The highest BCUT2D eigenvalue weighted by Gasteiger charge is 2.24. The van der Waals surface area contributed by atoms with Crippen LogP contribution < -0.4 is 5.32 Å². The highest BCUT2D eigenvalue weighted by Crippen LogP contribution is 2.17. The number of benzene rings is 1. The Balaban J connectivity index is 2.08. The number of rotatable bonds is 3. The first-order valence-corrected chi connectivity index (χ1v) is 5.85. The predicted octanol–water partition coefficient (Wildman–Crippen LogP) is 2.10. The molecule has 96 valence electrons. The Hall–Kier alpha value is -1.51. The van der Waals surface area contributed by atoms with Crippen LogP contribution >= 0.6 is 0 Å². The molecule has 1 aromatic carbocycles. The summed E-state index contributed by atoms with van der Waals surface area (Å²) in [7, 11) is 0. The van der Waals surface area contributed by atoms with Crippen LogP contribution in [0.15, 0.2) is 12.1 Å². The van der Waals surface area contributed by atoms with Crippen LogP contribution in [0.3, 0.4) is 0 Å². The van der Waals surface area contributed by atoms with E-state index in [0.29, 0.717) is 6.61 Å². The Kier molecular flexibility index (Phi) is 3.90. The van der Waals surface area contributed by atoms with E-state index in [1.54, 1.807) is 6.07 Å². The van der Waals surface area contributed by atoms with Crippen molar-refractivity contribution in [3.8, 4) is 6.07 Å². The summed E-state index contributed by atoms with van der Waals surface area (Å²) in [5.41, 5.74) is -0.0422. The first-order chi connectivity index (χ1) is 8.61. The molecule has 1 aromatic rings.